The maximum Gasteiger partial charge on any atom is 0.125 e. The van der Waals surface area contributed by atoms with Gasteiger partial charge in [0.1, 0.15) is 5.82 Å². The zero-order valence-electron chi connectivity index (χ0n) is 11.0. The first-order valence-corrected chi connectivity index (χ1v) is 7.32. The molecule has 18 heavy (non-hydrogen) atoms. The Kier molecular flexibility index (Phi) is 4.87. The van der Waals surface area contributed by atoms with Crippen LogP contribution in [0.25, 0.3) is 0 Å². The van der Waals surface area contributed by atoms with Crippen LogP contribution in [0.4, 0.5) is 10.1 Å². The summed E-state index contributed by atoms with van der Waals surface area (Å²) in [4.78, 5) is 2.23. The average molecular weight is 270 g/mol. The number of hydrogen-bond acceptors (Lipinski definition) is 1. The highest BCUT2D eigenvalue weighted by atomic mass is 35.5. The lowest BCUT2D eigenvalue weighted by atomic mass is 10.1. The van der Waals surface area contributed by atoms with Gasteiger partial charge in [-0.3, -0.25) is 0 Å². The fourth-order valence-electron chi connectivity index (χ4n) is 2.77. The van der Waals surface area contributed by atoms with Gasteiger partial charge in [-0.05, 0) is 36.6 Å². The predicted octanol–water partition coefficient (Wildman–Crippen LogP) is 4.72. The van der Waals surface area contributed by atoms with Crippen LogP contribution < -0.4 is 4.90 Å². The second kappa shape index (κ2) is 6.42. The molecule has 1 nitrogen and oxygen atoms in total. The second-order valence-corrected chi connectivity index (χ2v) is 5.47. The maximum absolute atomic E-state index is 13.5. The molecule has 0 amide bonds. The molecule has 0 atom stereocenters. The van der Waals surface area contributed by atoms with Crippen molar-refractivity contribution in [3.05, 3.63) is 29.6 Å². The zero-order chi connectivity index (χ0) is 13.0. The molecule has 0 radical (unpaired) electrons. The Balaban J connectivity index is 2.15. The van der Waals surface area contributed by atoms with E-state index in [-0.39, 0.29) is 5.82 Å². The number of alkyl halides is 1. The summed E-state index contributed by atoms with van der Waals surface area (Å²) in [6, 6.07) is 5.66. The lowest BCUT2D eigenvalue weighted by Crippen LogP contribution is -2.31. The smallest absolute Gasteiger partial charge is 0.125 e. The molecule has 0 unspecified atom stereocenters. The molecule has 1 aliphatic carbocycles. The van der Waals surface area contributed by atoms with Crippen LogP contribution in [0.1, 0.15) is 44.1 Å². The van der Waals surface area contributed by atoms with Crippen LogP contribution >= 0.6 is 11.6 Å². The number of rotatable bonds is 3. The quantitative estimate of drug-likeness (QED) is 0.567. The zero-order valence-corrected chi connectivity index (χ0v) is 11.7. The number of halogens is 2. The van der Waals surface area contributed by atoms with E-state index in [4.69, 9.17) is 11.6 Å². The Bertz CT molecular complexity index is 386. The molecule has 0 N–H and O–H groups in total. The molecular formula is C15H21ClFN. The van der Waals surface area contributed by atoms with Gasteiger partial charge in [0.2, 0.25) is 0 Å². The van der Waals surface area contributed by atoms with E-state index in [2.05, 4.69) is 11.9 Å². The minimum absolute atomic E-state index is 0.191. The lowest BCUT2D eigenvalue weighted by Gasteiger charge is -2.29. The van der Waals surface area contributed by atoms with Gasteiger partial charge in [-0.25, -0.2) is 4.39 Å². The monoisotopic (exact) mass is 269 g/mol. The summed E-state index contributed by atoms with van der Waals surface area (Å²) in [5.74, 6) is 0.173. The molecule has 0 saturated heterocycles. The van der Waals surface area contributed by atoms with Crippen molar-refractivity contribution in [2.24, 2.45) is 0 Å². The molecule has 0 heterocycles. The normalized spacial score (nSPS) is 17.5. The molecule has 0 aliphatic heterocycles. The lowest BCUT2D eigenvalue weighted by molar-refractivity contribution is 0.550. The molecule has 3 heteroatoms. The largest absolute Gasteiger partial charge is 0.372 e. The van der Waals surface area contributed by atoms with Gasteiger partial charge >= 0.3 is 0 Å². The van der Waals surface area contributed by atoms with E-state index in [9.17, 15) is 4.39 Å². The van der Waals surface area contributed by atoms with Gasteiger partial charge in [0.05, 0.1) is 0 Å². The first-order chi connectivity index (χ1) is 8.70. The van der Waals surface area contributed by atoms with Gasteiger partial charge in [-0.15, -0.1) is 11.6 Å². The summed E-state index contributed by atoms with van der Waals surface area (Å²) >= 11 is 5.80. The standard InChI is InChI=1S/C15H21ClFN/c1-18(14-6-4-2-3-5-7-14)15-9-12(11-16)8-13(17)10-15/h8-10,14H,2-7,11H2,1H3. The topological polar surface area (TPSA) is 3.24 Å². The van der Waals surface area contributed by atoms with E-state index in [0.717, 1.165) is 11.3 Å². The van der Waals surface area contributed by atoms with Crippen LogP contribution in [0.5, 0.6) is 0 Å². The highest BCUT2D eigenvalue weighted by Gasteiger charge is 2.18. The molecular weight excluding hydrogens is 249 g/mol. The van der Waals surface area contributed by atoms with Crippen LogP contribution in [0.3, 0.4) is 0 Å². The third-order valence-corrected chi connectivity index (χ3v) is 4.18. The number of anilines is 1. The first kappa shape index (κ1) is 13.7. The fourth-order valence-corrected chi connectivity index (χ4v) is 2.92. The molecule has 1 aromatic rings. The van der Waals surface area contributed by atoms with Crippen molar-refractivity contribution in [1.82, 2.24) is 0 Å². The molecule has 1 saturated carbocycles. The summed E-state index contributed by atoms with van der Waals surface area (Å²) in [7, 11) is 2.07. The predicted molar refractivity (Wildman–Crippen MR) is 75.9 cm³/mol. The van der Waals surface area contributed by atoms with Crippen LogP contribution in [-0.4, -0.2) is 13.1 Å². The second-order valence-electron chi connectivity index (χ2n) is 5.21. The van der Waals surface area contributed by atoms with Crippen molar-refractivity contribution in [3.63, 3.8) is 0 Å². The molecule has 0 bridgehead atoms. The summed E-state index contributed by atoms with van der Waals surface area (Å²) in [5.41, 5.74) is 1.81. The van der Waals surface area contributed by atoms with Crippen LogP contribution in [0.15, 0.2) is 18.2 Å². The van der Waals surface area contributed by atoms with Gasteiger partial charge in [0.15, 0.2) is 0 Å². The number of hydrogen-bond donors (Lipinski definition) is 0. The van der Waals surface area contributed by atoms with Gasteiger partial charge in [0.25, 0.3) is 0 Å². The van der Waals surface area contributed by atoms with Crippen molar-refractivity contribution >= 4 is 17.3 Å². The van der Waals surface area contributed by atoms with Crippen LogP contribution in [0.2, 0.25) is 0 Å². The summed E-state index contributed by atoms with van der Waals surface area (Å²) in [6.07, 6.45) is 7.66. The third-order valence-electron chi connectivity index (χ3n) is 3.88. The van der Waals surface area contributed by atoms with Crippen LogP contribution in [0, 0.1) is 5.82 Å². The molecule has 100 valence electrons. The van der Waals surface area contributed by atoms with Crippen LogP contribution in [-0.2, 0) is 5.88 Å². The molecule has 1 fully saturated rings. The van der Waals surface area contributed by atoms with E-state index < -0.39 is 0 Å². The van der Waals surface area contributed by atoms with Gasteiger partial charge in [-0.2, -0.15) is 0 Å². The highest BCUT2D eigenvalue weighted by Crippen LogP contribution is 2.27. The van der Waals surface area contributed by atoms with Crippen molar-refractivity contribution in [2.45, 2.75) is 50.4 Å². The average Bonchev–Trinajstić information content (AvgIpc) is 2.65. The molecule has 2 rings (SSSR count). The van der Waals surface area contributed by atoms with Crippen molar-refractivity contribution in [3.8, 4) is 0 Å². The Morgan fingerprint density at radius 2 is 1.83 bits per heavy atom. The van der Waals surface area contributed by atoms with E-state index in [1.807, 2.05) is 6.07 Å². The Hall–Kier alpha value is -0.760. The van der Waals surface area contributed by atoms with E-state index in [1.165, 1.54) is 44.6 Å². The van der Waals surface area contributed by atoms with Crippen molar-refractivity contribution in [2.75, 3.05) is 11.9 Å². The minimum atomic E-state index is -0.191. The molecule has 0 aromatic heterocycles. The van der Waals surface area contributed by atoms with Gasteiger partial charge in [0, 0.05) is 24.7 Å². The summed E-state index contributed by atoms with van der Waals surface area (Å²) < 4.78 is 13.5. The van der Waals surface area contributed by atoms with Crippen molar-refractivity contribution < 1.29 is 4.39 Å². The van der Waals surface area contributed by atoms with Gasteiger partial charge in [-0.1, -0.05) is 25.7 Å². The summed E-state index contributed by atoms with van der Waals surface area (Å²) in [6.45, 7) is 0. The van der Waals surface area contributed by atoms with E-state index in [0.29, 0.717) is 11.9 Å². The Morgan fingerprint density at radius 3 is 2.44 bits per heavy atom. The number of benzene rings is 1. The maximum atomic E-state index is 13.5. The van der Waals surface area contributed by atoms with E-state index >= 15 is 0 Å². The van der Waals surface area contributed by atoms with E-state index in [1.54, 1.807) is 6.07 Å². The highest BCUT2D eigenvalue weighted by molar-refractivity contribution is 6.17. The molecule has 1 aromatic carbocycles. The Morgan fingerprint density at radius 1 is 1.17 bits per heavy atom. The first-order valence-electron chi connectivity index (χ1n) is 6.79. The fraction of sp³-hybridized carbons (Fsp3) is 0.600. The molecule has 1 aliphatic rings. The minimum Gasteiger partial charge on any atom is -0.372 e. The van der Waals surface area contributed by atoms with Crippen molar-refractivity contribution in [1.29, 1.82) is 0 Å². The summed E-state index contributed by atoms with van der Waals surface area (Å²) in [5, 5.41) is 0. The SMILES string of the molecule is CN(c1cc(F)cc(CCl)c1)C1CCCCCC1. The Labute approximate surface area is 114 Å². The van der Waals surface area contributed by atoms with Gasteiger partial charge < -0.3 is 4.90 Å². The third kappa shape index (κ3) is 3.38. The number of nitrogens with zero attached hydrogens (tertiary/aromatic N) is 1. The molecule has 0 spiro atoms.